The number of amides is 1. The van der Waals surface area contributed by atoms with Crippen LogP contribution in [0.3, 0.4) is 0 Å². The van der Waals surface area contributed by atoms with E-state index in [0.717, 1.165) is 19.6 Å². The number of nitrogens with two attached hydrogens (primary N) is 1. The molecule has 0 atom stereocenters. The Morgan fingerprint density at radius 1 is 1.16 bits per heavy atom. The second kappa shape index (κ2) is 9.26. The molecular formula is C14H27N3OS. The van der Waals surface area contributed by atoms with E-state index in [1.165, 1.54) is 32.1 Å². The van der Waals surface area contributed by atoms with Gasteiger partial charge in [-0.15, -0.1) is 0 Å². The van der Waals surface area contributed by atoms with Crippen molar-refractivity contribution in [3.05, 3.63) is 0 Å². The van der Waals surface area contributed by atoms with Crippen LogP contribution in [0.4, 0.5) is 0 Å². The zero-order chi connectivity index (χ0) is 14.1. The SMILES string of the molecule is CN(CCC(N)=S)C(=O)CCN1CCCCCCC1. The van der Waals surface area contributed by atoms with Gasteiger partial charge in [0.25, 0.3) is 0 Å². The highest BCUT2D eigenvalue weighted by atomic mass is 32.1. The number of rotatable bonds is 6. The van der Waals surface area contributed by atoms with Crippen molar-refractivity contribution < 1.29 is 4.79 Å². The van der Waals surface area contributed by atoms with Gasteiger partial charge in [-0.05, 0) is 25.9 Å². The first-order chi connectivity index (χ1) is 9.09. The fourth-order valence-electron chi connectivity index (χ4n) is 2.38. The maximum absolute atomic E-state index is 12.0. The summed E-state index contributed by atoms with van der Waals surface area (Å²) in [6.07, 6.45) is 7.79. The van der Waals surface area contributed by atoms with Gasteiger partial charge in [0.15, 0.2) is 0 Å². The summed E-state index contributed by atoms with van der Waals surface area (Å²) in [5.74, 6) is 0.193. The Kier molecular flexibility index (Phi) is 7.98. The molecule has 1 heterocycles. The van der Waals surface area contributed by atoms with Crippen LogP contribution >= 0.6 is 12.2 Å². The molecule has 1 fully saturated rings. The molecule has 0 spiro atoms. The van der Waals surface area contributed by atoms with Gasteiger partial charge in [-0.1, -0.05) is 31.5 Å². The summed E-state index contributed by atoms with van der Waals surface area (Å²) >= 11 is 4.83. The molecule has 4 nitrogen and oxygen atoms in total. The summed E-state index contributed by atoms with van der Waals surface area (Å²) in [5.41, 5.74) is 5.45. The van der Waals surface area contributed by atoms with Crippen LogP contribution in [-0.2, 0) is 4.79 Å². The number of hydrogen-bond donors (Lipinski definition) is 1. The second-order valence-corrected chi connectivity index (χ2v) is 5.92. The molecule has 19 heavy (non-hydrogen) atoms. The molecule has 0 unspecified atom stereocenters. The van der Waals surface area contributed by atoms with Crippen LogP contribution in [0.25, 0.3) is 0 Å². The van der Waals surface area contributed by atoms with Crippen LogP contribution in [0.2, 0.25) is 0 Å². The molecule has 0 bridgehead atoms. The van der Waals surface area contributed by atoms with E-state index in [1.807, 2.05) is 7.05 Å². The molecule has 1 amide bonds. The summed E-state index contributed by atoms with van der Waals surface area (Å²) in [4.78, 5) is 16.6. The minimum Gasteiger partial charge on any atom is -0.393 e. The van der Waals surface area contributed by atoms with E-state index in [4.69, 9.17) is 18.0 Å². The first kappa shape index (κ1) is 16.4. The van der Waals surface area contributed by atoms with Crippen LogP contribution in [0.5, 0.6) is 0 Å². The topological polar surface area (TPSA) is 49.6 Å². The standard InChI is InChI=1S/C14H27N3OS/c1-16(11-7-13(15)19)14(18)8-12-17-9-5-3-2-4-6-10-17/h2-12H2,1H3,(H2,15,19). The van der Waals surface area contributed by atoms with E-state index < -0.39 is 0 Å². The molecule has 5 heteroatoms. The highest BCUT2D eigenvalue weighted by Crippen LogP contribution is 2.10. The average Bonchev–Trinajstić information content (AvgIpc) is 2.34. The Labute approximate surface area is 122 Å². The molecule has 1 aliphatic rings. The number of thiocarbonyl (C=S) groups is 1. The van der Waals surface area contributed by atoms with Gasteiger partial charge >= 0.3 is 0 Å². The summed E-state index contributed by atoms with van der Waals surface area (Å²) in [7, 11) is 1.83. The smallest absolute Gasteiger partial charge is 0.223 e. The molecule has 0 aromatic heterocycles. The van der Waals surface area contributed by atoms with E-state index in [0.29, 0.717) is 24.4 Å². The number of carbonyl (C=O) groups is 1. The van der Waals surface area contributed by atoms with E-state index in [1.54, 1.807) is 4.90 Å². The molecule has 2 N–H and O–H groups in total. The van der Waals surface area contributed by atoms with Crippen molar-refractivity contribution >= 4 is 23.1 Å². The molecule has 110 valence electrons. The Morgan fingerprint density at radius 2 is 1.74 bits per heavy atom. The fourth-order valence-corrected chi connectivity index (χ4v) is 2.48. The van der Waals surface area contributed by atoms with Gasteiger partial charge < -0.3 is 15.5 Å². The first-order valence-electron chi connectivity index (χ1n) is 7.34. The molecule has 0 radical (unpaired) electrons. The number of nitrogens with zero attached hydrogens (tertiary/aromatic N) is 2. The van der Waals surface area contributed by atoms with Crippen LogP contribution in [0, 0.1) is 0 Å². The Morgan fingerprint density at radius 3 is 2.32 bits per heavy atom. The minimum atomic E-state index is 0.193. The summed E-state index contributed by atoms with van der Waals surface area (Å²) in [5, 5.41) is 0. The molecule has 1 rings (SSSR count). The van der Waals surface area contributed by atoms with Crippen molar-refractivity contribution in [1.29, 1.82) is 0 Å². The summed E-state index contributed by atoms with van der Waals surface area (Å²) in [6, 6.07) is 0. The van der Waals surface area contributed by atoms with Gasteiger partial charge in [0.2, 0.25) is 5.91 Å². The molecule has 0 aromatic carbocycles. The third-order valence-corrected chi connectivity index (χ3v) is 3.91. The monoisotopic (exact) mass is 285 g/mol. The quantitative estimate of drug-likeness (QED) is 0.756. The maximum Gasteiger partial charge on any atom is 0.223 e. The van der Waals surface area contributed by atoms with E-state index >= 15 is 0 Å². The van der Waals surface area contributed by atoms with E-state index in [-0.39, 0.29) is 5.91 Å². The lowest BCUT2D eigenvalue weighted by Gasteiger charge is -2.25. The molecule has 0 aromatic rings. The van der Waals surface area contributed by atoms with Crippen LogP contribution < -0.4 is 5.73 Å². The van der Waals surface area contributed by atoms with Gasteiger partial charge in [-0.3, -0.25) is 4.79 Å². The Hall–Kier alpha value is -0.680. The van der Waals surface area contributed by atoms with Gasteiger partial charge in [-0.25, -0.2) is 0 Å². The summed E-state index contributed by atoms with van der Waals surface area (Å²) < 4.78 is 0. The van der Waals surface area contributed by atoms with Crippen molar-refractivity contribution in [2.45, 2.75) is 44.9 Å². The van der Waals surface area contributed by atoms with Crippen molar-refractivity contribution in [2.24, 2.45) is 5.73 Å². The van der Waals surface area contributed by atoms with Gasteiger partial charge in [0.05, 0.1) is 4.99 Å². The maximum atomic E-state index is 12.0. The van der Waals surface area contributed by atoms with Gasteiger partial charge in [-0.2, -0.15) is 0 Å². The number of carbonyl (C=O) groups excluding carboxylic acids is 1. The lowest BCUT2D eigenvalue weighted by molar-refractivity contribution is -0.130. The predicted molar refractivity (Wildman–Crippen MR) is 83.2 cm³/mol. The average molecular weight is 285 g/mol. The lowest BCUT2D eigenvalue weighted by atomic mass is 10.1. The van der Waals surface area contributed by atoms with Gasteiger partial charge in [0.1, 0.15) is 0 Å². The van der Waals surface area contributed by atoms with E-state index in [9.17, 15) is 4.79 Å². The number of likely N-dealkylation sites (tertiary alicyclic amines) is 1. The van der Waals surface area contributed by atoms with Crippen LogP contribution in [0.1, 0.15) is 44.9 Å². The highest BCUT2D eigenvalue weighted by Gasteiger charge is 2.13. The minimum absolute atomic E-state index is 0.193. The third-order valence-electron chi connectivity index (χ3n) is 3.71. The zero-order valence-corrected chi connectivity index (χ0v) is 12.9. The summed E-state index contributed by atoms with van der Waals surface area (Å²) in [6.45, 7) is 3.80. The highest BCUT2D eigenvalue weighted by molar-refractivity contribution is 7.80. The van der Waals surface area contributed by atoms with Crippen molar-refractivity contribution in [3.63, 3.8) is 0 Å². The Balaban J connectivity index is 2.21. The van der Waals surface area contributed by atoms with Crippen molar-refractivity contribution in [2.75, 3.05) is 33.2 Å². The fraction of sp³-hybridized carbons (Fsp3) is 0.857. The molecule has 0 saturated carbocycles. The second-order valence-electron chi connectivity index (χ2n) is 5.39. The van der Waals surface area contributed by atoms with Crippen LogP contribution in [0.15, 0.2) is 0 Å². The molecule has 0 aliphatic carbocycles. The Bertz CT molecular complexity index is 288. The molecule has 1 aliphatic heterocycles. The first-order valence-corrected chi connectivity index (χ1v) is 7.75. The largest absolute Gasteiger partial charge is 0.393 e. The molecule has 1 saturated heterocycles. The third kappa shape index (κ3) is 7.47. The van der Waals surface area contributed by atoms with Crippen LogP contribution in [-0.4, -0.2) is 53.9 Å². The lowest BCUT2D eigenvalue weighted by Crippen LogP contribution is -2.35. The normalized spacial score (nSPS) is 17.5. The predicted octanol–water partition coefficient (Wildman–Crippen LogP) is 1.78. The van der Waals surface area contributed by atoms with Gasteiger partial charge in [0, 0.05) is 33.0 Å². The van der Waals surface area contributed by atoms with Crippen molar-refractivity contribution in [3.8, 4) is 0 Å². The zero-order valence-electron chi connectivity index (χ0n) is 12.1. The van der Waals surface area contributed by atoms with E-state index in [2.05, 4.69) is 4.90 Å². The number of hydrogen-bond acceptors (Lipinski definition) is 3. The molecular weight excluding hydrogens is 258 g/mol. The van der Waals surface area contributed by atoms with Crippen molar-refractivity contribution in [1.82, 2.24) is 9.80 Å².